The predicted octanol–water partition coefficient (Wildman–Crippen LogP) is 3.30. The minimum atomic E-state index is -0.847. The highest BCUT2D eigenvalue weighted by Gasteiger charge is 2.32. The Labute approximate surface area is 230 Å². The van der Waals surface area contributed by atoms with Crippen molar-refractivity contribution in [3.63, 3.8) is 0 Å². The van der Waals surface area contributed by atoms with E-state index in [1.165, 1.54) is 11.8 Å². The molecule has 3 N–H and O–H groups in total. The Morgan fingerprint density at radius 1 is 1.03 bits per heavy atom. The van der Waals surface area contributed by atoms with Crippen LogP contribution in [-0.2, 0) is 39.3 Å². The summed E-state index contributed by atoms with van der Waals surface area (Å²) in [4.78, 5) is 22.6. The standard InChI is InChI=1S/C27H33N5O6S/c1-32-27(29-30-31-32)39-17-22-14-23(20-10-8-19(16-33)9-11-20)38-26(37-22)21-12-6-18(7-13-21)15-28-24(34)4-2-3-5-25(35)36/h6-13,22-23,26,33H,2-5,14-17H2,1H3,(H,28,34)(H,35,36)/t22-,23+,26+/m1/s1. The number of nitrogens with one attached hydrogen (secondary N) is 1. The summed E-state index contributed by atoms with van der Waals surface area (Å²) in [5.41, 5.74) is 3.66. The zero-order chi connectivity index (χ0) is 27.6. The number of carboxylic acid groups (broad SMARTS) is 1. The minimum absolute atomic E-state index is 0.0138. The lowest BCUT2D eigenvalue weighted by Gasteiger charge is -2.36. The van der Waals surface area contributed by atoms with Crippen molar-refractivity contribution < 1.29 is 29.3 Å². The van der Waals surface area contributed by atoms with Crippen LogP contribution in [0.3, 0.4) is 0 Å². The van der Waals surface area contributed by atoms with Gasteiger partial charge in [0.25, 0.3) is 0 Å². The maximum Gasteiger partial charge on any atom is 0.303 e. The van der Waals surface area contributed by atoms with E-state index in [9.17, 15) is 14.7 Å². The van der Waals surface area contributed by atoms with Gasteiger partial charge in [-0.1, -0.05) is 60.3 Å². The number of aliphatic hydroxyl groups is 1. The van der Waals surface area contributed by atoms with Crippen molar-refractivity contribution in [1.29, 1.82) is 0 Å². The zero-order valence-electron chi connectivity index (χ0n) is 21.7. The molecular weight excluding hydrogens is 522 g/mol. The van der Waals surface area contributed by atoms with Gasteiger partial charge in [-0.25, -0.2) is 4.68 Å². The second-order valence-electron chi connectivity index (χ2n) is 9.37. The zero-order valence-corrected chi connectivity index (χ0v) is 22.5. The van der Waals surface area contributed by atoms with Gasteiger partial charge in [0.15, 0.2) is 6.29 Å². The summed E-state index contributed by atoms with van der Waals surface area (Å²) >= 11 is 1.52. The number of ether oxygens (including phenoxy) is 2. The number of aryl methyl sites for hydroxylation is 1. The summed E-state index contributed by atoms with van der Waals surface area (Å²) < 4.78 is 14.4. The van der Waals surface area contributed by atoms with E-state index in [0.29, 0.717) is 43.1 Å². The number of thioether (sulfide) groups is 1. The maximum absolute atomic E-state index is 12.1. The normalized spacial score (nSPS) is 19.1. The Kier molecular flexibility index (Phi) is 10.4. The van der Waals surface area contributed by atoms with E-state index in [0.717, 1.165) is 22.3 Å². The van der Waals surface area contributed by atoms with Crippen LogP contribution in [-0.4, -0.2) is 54.2 Å². The van der Waals surface area contributed by atoms with Gasteiger partial charge in [0, 0.05) is 44.2 Å². The van der Waals surface area contributed by atoms with Crippen molar-refractivity contribution in [2.45, 2.75) is 68.9 Å². The van der Waals surface area contributed by atoms with Gasteiger partial charge in [-0.3, -0.25) is 9.59 Å². The van der Waals surface area contributed by atoms with E-state index in [4.69, 9.17) is 14.6 Å². The van der Waals surface area contributed by atoms with Crippen molar-refractivity contribution in [2.24, 2.45) is 7.05 Å². The van der Waals surface area contributed by atoms with Crippen LogP contribution in [0.4, 0.5) is 0 Å². The molecule has 12 heteroatoms. The number of unbranched alkanes of at least 4 members (excludes halogenated alkanes) is 1. The van der Waals surface area contributed by atoms with E-state index in [1.54, 1.807) is 11.7 Å². The lowest BCUT2D eigenvalue weighted by molar-refractivity contribution is -0.245. The van der Waals surface area contributed by atoms with E-state index in [-0.39, 0.29) is 31.1 Å². The molecule has 0 aliphatic carbocycles. The largest absolute Gasteiger partial charge is 0.481 e. The van der Waals surface area contributed by atoms with E-state index < -0.39 is 12.3 Å². The van der Waals surface area contributed by atoms with Crippen molar-refractivity contribution in [3.8, 4) is 0 Å². The van der Waals surface area contributed by atoms with E-state index in [2.05, 4.69) is 20.8 Å². The van der Waals surface area contributed by atoms with Crippen LogP contribution in [0.15, 0.2) is 53.7 Å². The van der Waals surface area contributed by atoms with Crippen molar-refractivity contribution in [1.82, 2.24) is 25.5 Å². The van der Waals surface area contributed by atoms with Crippen molar-refractivity contribution in [2.75, 3.05) is 5.75 Å². The van der Waals surface area contributed by atoms with Crippen LogP contribution >= 0.6 is 11.8 Å². The van der Waals surface area contributed by atoms with Crippen LogP contribution in [0.1, 0.15) is 66.8 Å². The summed E-state index contributed by atoms with van der Waals surface area (Å²) in [7, 11) is 1.80. The number of amides is 1. The first-order valence-electron chi connectivity index (χ1n) is 12.8. The number of hydrogen-bond acceptors (Lipinski definition) is 9. The van der Waals surface area contributed by atoms with Gasteiger partial charge in [0.2, 0.25) is 11.1 Å². The first-order valence-corrected chi connectivity index (χ1v) is 13.8. The minimum Gasteiger partial charge on any atom is -0.481 e. The molecule has 1 aromatic heterocycles. The summed E-state index contributed by atoms with van der Waals surface area (Å²) in [6, 6.07) is 15.5. The molecule has 208 valence electrons. The fourth-order valence-electron chi connectivity index (χ4n) is 4.18. The Morgan fingerprint density at radius 3 is 2.38 bits per heavy atom. The molecule has 0 unspecified atom stereocenters. The predicted molar refractivity (Wildman–Crippen MR) is 142 cm³/mol. The summed E-state index contributed by atoms with van der Waals surface area (Å²) in [6.07, 6.45) is 1.18. The fourth-order valence-corrected chi connectivity index (χ4v) is 5.04. The third-order valence-electron chi connectivity index (χ3n) is 6.38. The molecule has 39 heavy (non-hydrogen) atoms. The molecule has 1 aliphatic rings. The molecular formula is C27H33N5O6S. The van der Waals surface area contributed by atoms with Crippen LogP contribution in [0.5, 0.6) is 0 Å². The van der Waals surface area contributed by atoms with Gasteiger partial charge >= 0.3 is 5.97 Å². The summed E-state index contributed by atoms with van der Waals surface area (Å²) in [5.74, 6) is -0.298. The van der Waals surface area contributed by atoms with Crippen LogP contribution in [0.2, 0.25) is 0 Å². The highest BCUT2D eigenvalue weighted by Crippen LogP contribution is 2.39. The van der Waals surface area contributed by atoms with Crippen LogP contribution in [0, 0.1) is 0 Å². The number of rotatable bonds is 13. The third kappa shape index (κ3) is 8.59. The number of carbonyl (C=O) groups is 2. The van der Waals surface area contributed by atoms with Gasteiger partial charge in [-0.05, 0) is 40.0 Å². The average molecular weight is 556 g/mol. The van der Waals surface area contributed by atoms with Crippen molar-refractivity contribution >= 4 is 23.6 Å². The van der Waals surface area contributed by atoms with E-state index >= 15 is 0 Å². The number of aliphatic hydroxyl groups excluding tert-OH is 1. The topological polar surface area (TPSA) is 149 Å². The molecule has 0 radical (unpaired) electrons. The van der Waals surface area contributed by atoms with Gasteiger partial charge < -0.3 is 25.0 Å². The molecule has 0 spiro atoms. The average Bonchev–Trinajstić information content (AvgIpc) is 3.37. The molecule has 1 amide bonds. The smallest absolute Gasteiger partial charge is 0.303 e. The van der Waals surface area contributed by atoms with Gasteiger partial charge in [0.1, 0.15) is 0 Å². The molecule has 11 nitrogen and oxygen atoms in total. The molecule has 3 atom stereocenters. The summed E-state index contributed by atoms with van der Waals surface area (Å²) in [5, 5.41) is 33.3. The highest BCUT2D eigenvalue weighted by molar-refractivity contribution is 7.99. The SMILES string of the molecule is Cn1nnnc1SC[C@H]1C[C@@H](c2ccc(CO)cc2)O[C@@H](c2ccc(CNC(=O)CCCCC(=O)O)cc2)O1. The molecule has 2 heterocycles. The number of aliphatic carboxylic acids is 1. The molecule has 3 aromatic rings. The Hall–Kier alpha value is -3.32. The summed E-state index contributed by atoms with van der Waals surface area (Å²) in [6.45, 7) is 0.370. The maximum atomic E-state index is 12.1. The number of nitrogens with zero attached hydrogens (tertiary/aromatic N) is 4. The lowest BCUT2D eigenvalue weighted by Crippen LogP contribution is -2.31. The molecule has 0 bridgehead atoms. The van der Waals surface area contributed by atoms with Crippen LogP contribution in [0.25, 0.3) is 0 Å². The second-order valence-corrected chi connectivity index (χ2v) is 10.4. The Balaban J connectivity index is 1.38. The first-order chi connectivity index (χ1) is 18.9. The van der Waals surface area contributed by atoms with Crippen LogP contribution < -0.4 is 5.32 Å². The quantitative estimate of drug-likeness (QED) is 0.212. The molecule has 1 fully saturated rings. The van der Waals surface area contributed by atoms with Gasteiger partial charge in [0.05, 0.1) is 18.8 Å². The van der Waals surface area contributed by atoms with Gasteiger partial charge in [-0.15, -0.1) is 5.10 Å². The highest BCUT2D eigenvalue weighted by atomic mass is 32.2. The van der Waals surface area contributed by atoms with E-state index in [1.807, 2.05) is 48.5 Å². The number of tetrazole rings is 1. The molecule has 1 saturated heterocycles. The number of aromatic nitrogens is 4. The molecule has 1 aliphatic heterocycles. The third-order valence-corrected chi connectivity index (χ3v) is 7.52. The lowest BCUT2D eigenvalue weighted by atomic mass is 10.0. The Bertz CT molecular complexity index is 1220. The fraction of sp³-hybridized carbons (Fsp3) is 0.444. The van der Waals surface area contributed by atoms with Crippen molar-refractivity contribution in [3.05, 3.63) is 70.8 Å². The first kappa shape index (κ1) is 28.7. The Morgan fingerprint density at radius 2 is 1.72 bits per heavy atom. The molecule has 2 aromatic carbocycles. The second kappa shape index (κ2) is 14.2. The molecule has 4 rings (SSSR count). The number of hydrogen-bond donors (Lipinski definition) is 3. The monoisotopic (exact) mass is 555 g/mol. The number of carbonyl (C=O) groups excluding carboxylic acids is 1. The number of carboxylic acids is 1. The molecule has 0 saturated carbocycles. The number of benzene rings is 2. The van der Waals surface area contributed by atoms with Gasteiger partial charge in [-0.2, -0.15) is 0 Å².